The summed E-state index contributed by atoms with van der Waals surface area (Å²) in [5, 5.41) is 0. The lowest BCUT2D eigenvalue weighted by atomic mass is 9.63. The quantitative estimate of drug-likeness (QED) is 0.663. The van der Waals surface area contributed by atoms with Gasteiger partial charge in [0.2, 0.25) is 0 Å². The number of hydrogen-bond acceptors (Lipinski definition) is 2. The fourth-order valence-electron chi connectivity index (χ4n) is 2.63. The second kappa shape index (κ2) is 2.83. The lowest BCUT2D eigenvalue weighted by Gasteiger charge is -2.55. The van der Waals surface area contributed by atoms with Crippen LogP contribution in [-0.4, -0.2) is 12.4 Å². The predicted molar refractivity (Wildman–Crippen MR) is 61.3 cm³/mol. The van der Waals surface area contributed by atoms with Crippen molar-refractivity contribution in [3.05, 3.63) is 47.5 Å². The highest BCUT2D eigenvalue weighted by molar-refractivity contribution is 6.07. The van der Waals surface area contributed by atoms with Crippen molar-refractivity contribution in [2.24, 2.45) is 5.41 Å². The molecular formula is C14H14O2. The molecule has 1 spiro atoms. The van der Waals surface area contributed by atoms with Gasteiger partial charge in [0.25, 0.3) is 0 Å². The first-order valence-corrected chi connectivity index (χ1v) is 5.54. The first kappa shape index (κ1) is 9.79. The summed E-state index contributed by atoms with van der Waals surface area (Å²) in [6, 6.07) is 7.73. The number of carbonyl (C=O) groups excluding carboxylic acids is 1. The zero-order chi connectivity index (χ0) is 11.4. The van der Waals surface area contributed by atoms with Crippen LogP contribution in [0.2, 0.25) is 0 Å². The van der Waals surface area contributed by atoms with Crippen molar-refractivity contribution in [3.8, 4) is 0 Å². The van der Waals surface area contributed by atoms with Gasteiger partial charge in [0.1, 0.15) is 5.60 Å². The zero-order valence-electron chi connectivity index (χ0n) is 9.49. The highest BCUT2D eigenvalue weighted by Crippen LogP contribution is 2.54. The summed E-state index contributed by atoms with van der Waals surface area (Å²) in [6.07, 6.45) is 3.56. The number of carbonyl (C=O) groups is 1. The molecule has 0 N–H and O–H groups in total. The van der Waals surface area contributed by atoms with Crippen LogP contribution in [0.5, 0.6) is 0 Å². The van der Waals surface area contributed by atoms with Crippen LogP contribution < -0.4 is 0 Å². The Morgan fingerprint density at radius 1 is 1.25 bits per heavy atom. The smallest absolute Gasteiger partial charge is 0.186 e. The highest BCUT2D eigenvalue weighted by Gasteiger charge is 2.56. The van der Waals surface area contributed by atoms with Gasteiger partial charge < -0.3 is 4.74 Å². The van der Waals surface area contributed by atoms with E-state index in [1.54, 1.807) is 6.08 Å². The Balaban J connectivity index is 2.24. The first-order chi connectivity index (χ1) is 7.57. The molecule has 1 atom stereocenters. The van der Waals surface area contributed by atoms with E-state index < -0.39 is 5.60 Å². The van der Waals surface area contributed by atoms with Crippen LogP contribution in [0.4, 0.5) is 0 Å². The molecule has 2 heteroatoms. The van der Waals surface area contributed by atoms with Gasteiger partial charge >= 0.3 is 0 Å². The van der Waals surface area contributed by atoms with E-state index in [1.807, 2.05) is 30.3 Å². The minimum Gasteiger partial charge on any atom is -0.365 e. The summed E-state index contributed by atoms with van der Waals surface area (Å²) in [7, 11) is 0. The van der Waals surface area contributed by atoms with Gasteiger partial charge in [-0.25, -0.2) is 0 Å². The van der Waals surface area contributed by atoms with E-state index in [9.17, 15) is 4.79 Å². The minimum atomic E-state index is -0.391. The maximum atomic E-state index is 11.8. The second-order valence-electron chi connectivity index (χ2n) is 5.15. The van der Waals surface area contributed by atoms with Crippen molar-refractivity contribution in [2.45, 2.75) is 19.4 Å². The van der Waals surface area contributed by atoms with Crippen molar-refractivity contribution >= 4 is 5.78 Å². The molecule has 2 aliphatic rings. The molecule has 3 rings (SSSR count). The van der Waals surface area contributed by atoms with Gasteiger partial charge in [0, 0.05) is 11.0 Å². The van der Waals surface area contributed by atoms with Crippen molar-refractivity contribution in [3.63, 3.8) is 0 Å². The number of fused-ring (bicyclic) bond motifs is 2. The summed E-state index contributed by atoms with van der Waals surface area (Å²) in [5.41, 5.74) is 1.45. The van der Waals surface area contributed by atoms with E-state index in [0.29, 0.717) is 0 Å². The molecule has 1 saturated heterocycles. The third-order valence-electron chi connectivity index (χ3n) is 3.73. The molecule has 1 fully saturated rings. The number of benzene rings is 1. The molecule has 0 amide bonds. The third-order valence-corrected chi connectivity index (χ3v) is 3.73. The van der Waals surface area contributed by atoms with Crippen LogP contribution in [0.1, 0.15) is 29.8 Å². The Morgan fingerprint density at radius 3 is 2.62 bits per heavy atom. The lowest BCUT2D eigenvalue weighted by Crippen LogP contribution is -2.57. The molecule has 1 aliphatic heterocycles. The largest absolute Gasteiger partial charge is 0.365 e. The van der Waals surface area contributed by atoms with Crippen molar-refractivity contribution in [1.82, 2.24) is 0 Å². The molecule has 1 heterocycles. The molecule has 0 aromatic heterocycles. The molecular weight excluding hydrogens is 200 g/mol. The number of hydrogen-bond donors (Lipinski definition) is 0. The molecule has 1 aromatic carbocycles. The number of allylic oxidation sites excluding steroid dienone is 1. The van der Waals surface area contributed by atoms with Gasteiger partial charge in [-0.1, -0.05) is 38.1 Å². The number of ether oxygens (including phenoxy) is 1. The molecule has 0 bridgehead atoms. The molecule has 2 nitrogen and oxygen atoms in total. The van der Waals surface area contributed by atoms with Crippen molar-refractivity contribution in [1.29, 1.82) is 0 Å². The molecule has 0 radical (unpaired) electrons. The normalized spacial score (nSPS) is 30.0. The average Bonchev–Trinajstić information content (AvgIpc) is 2.29. The first-order valence-electron chi connectivity index (χ1n) is 5.54. The Kier molecular flexibility index (Phi) is 1.73. The summed E-state index contributed by atoms with van der Waals surface area (Å²) in [6.45, 7) is 5.08. The van der Waals surface area contributed by atoms with Crippen LogP contribution in [0, 0.1) is 5.41 Å². The lowest BCUT2D eigenvalue weighted by molar-refractivity contribution is -0.231. The van der Waals surface area contributed by atoms with E-state index in [-0.39, 0.29) is 11.2 Å². The van der Waals surface area contributed by atoms with Gasteiger partial charge in [-0.05, 0) is 17.7 Å². The maximum absolute atomic E-state index is 11.8. The highest BCUT2D eigenvalue weighted by atomic mass is 16.5. The van der Waals surface area contributed by atoms with E-state index in [0.717, 1.165) is 17.7 Å². The van der Waals surface area contributed by atoms with E-state index in [4.69, 9.17) is 4.74 Å². The second-order valence-corrected chi connectivity index (χ2v) is 5.15. The van der Waals surface area contributed by atoms with Gasteiger partial charge in [0.05, 0.1) is 6.61 Å². The fourth-order valence-corrected chi connectivity index (χ4v) is 2.63. The standard InChI is InChI=1S/C14H14O2/c1-13(2)9-16-14(13)8-7-12(15)10-5-3-4-6-11(10)14/h3-8H,9H2,1-2H3. The minimum absolute atomic E-state index is 0.0559. The Labute approximate surface area is 94.9 Å². The summed E-state index contributed by atoms with van der Waals surface area (Å²) < 4.78 is 5.81. The molecule has 16 heavy (non-hydrogen) atoms. The summed E-state index contributed by atoms with van der Waals surface area (Å²) in [4.78, 5) is 11.8. The Hall–Kier alpha value is -1.41. The Morgan fingerprint density at radius 2 is 2.00 bits per heavy atom. The monoisotopic (exact) mass is 214 g/mol. The van der Waals surface area contributed by atoms with Crippen molar-refractivity contribution < 1.29 is 9.53 Å². The summed E-state index contributed by atoms with van der Waals surface area (Å²) in [5.74, 6) is 0.0764. The zero-order valence-corrected chi connectivity index (χ0v) is 9.49. The Bertz CT molecular complexity index is 499. The van der Waals surface area contributed by atoms with Crippen LogP contribution >= 0.6 is 0 Å². The molecule has 0 saturated carbocycles. The third kappa shape index (κ3) is 0.978. The SMILES string of the molecule is CC1(C)COC12C=CC(=O)c1ccccc12. The maximum Gasteiger partial charge on any atom is 0.186 e. The van der Waals surface area contributed by atoms with E-state index in [1.165, 1.54) is 0 Å². The van der Waals surface area contributed by atoms with E-state index >= 15 is 0 Å². The van der Waals surface area contributed by atoms with Gasteiger partial charge in [-0.15, -0.1) is 0 Å². The topological polar surface area (TPSA) is 26.3 Å². The average molecular weight is 214 g/mol. The number of rotatable bonds is 0. The predicted octanol–water partition coefficient (Wildman–Crippen LogP) is 2.69. The van der Waals surface area contributed by atoms with E-state index in [2.05, 4.69) is 13.8 Å². The molecule has 1 aromatic rings. The van der Waals surface area contributed by atoms with Gasteiger partial charge in [-0.2, -0.15) is 0 Å². The van der Waals surface area contributed by atoms with Gasteiger partial charge in [0.15, 0.2) is 5.78 Å². The van der Waals surface area contributed by atoms with Crippen molar-refractivity contribution in [2.75, 3.05) is 6.61 Å². The van der Waals surface area contributed by atoms with Crippen LogP contribution in [0.25, 0.3) is 0 Å². The molecule has 82 valence electrons. The fraction of sp³-hybridized carbons (Fsp3) is 0.357. The van der Waals surface area contributed by atoms with Crippen LogP contribution in [0.15, 0.2) is 36.4 Å². The number of ketones is 1. The van der Waals surface area contributed by atoms with Crippen LogP contribution in [-0.2, 0) is 10.3 Å². The summed E-state index contributed by atoms with van der Waals surface area (Å²) >= 11 is 0. The molecule has 1 unspecified atom stereocenters. The molecule has 1 aliphatic carbocycles. The van der Waals surface area contributed by atoms with Crippen LogP contribution in [0.3, 0.4) is 0 Å². The van der Waals surface area contributed by atoms with Gasteiger partial charge in [-0.3, -0.25) is 4.79 Å².